The van der Waals surface area contributed by atoms with Gasteiger partial charge in [-0.05, 0) is 51.0 Å². The number of carbonyl (C=O) groups excluding carboxylic acids is 2. The van der Waals surface area contributed by atoms with Crippen molar-refractivity contribution in [2.24, 2.45) is 5.41 Å². The van der Waals surface area contributed by atoms with Gasteiger partial charge in [-0.15, -0.1) is 0 Å². The van der Waals surface area contributed by atoms with E-state index in [1.165, 1.54) is 0 Å². The Bertz CT molecular complexity index is 1700. The Balaban J connectivity index is 0.00000196. The van der Waals surface area contributed by atoms with Gasteiger partial charge in [0.1, 0.15) is 28.7 Å². The second kappa shape index (κ2) is 12.4. The second-order valence-corrected chi connectivity index (χ2v) is 11.4. The molecule has 2 aliphatic heterocycles. The maximum absolute atomic E-state index is 13.4. The summed E-state index contributed by atoms with van der Waals surface area (Å²) >= 11 is 0. The number of amides is 2. The lowest BCUT2D eigenvalue weighted by Crippen LogP contribution is -2.57. The highest BCUT2D eigenvalue weighted by atomic mass is 19.4. The predicted molar refractivity (Wildman–Crippen MR) is 160 cm³/mol. The number of rotatable bonds is 5. The molecule has 0 saturated carbocycles. The van der Waals surface area contributed by atoms with Gasteiger partial charge in [0, 0.05) is 55.3 Å². The summed E-state index contributed by atoms with van der Waals surface area (Å²) in [4.78, 5) is 41.2. The number of ether oxygens (including phenoxy) is 1. The van der Waals surface area contributed by atoms with Crippen LogP contribution in [0.5, 0.6) is 0 Å². The topological polar surface area (TPSA) is 148 Å². The predicted octanol–water partition coefficient (Wildman–Crippen LogP) is 4.38. The first-order valence-corrected chi connectivity index (χ1v) is 14.4. The maximum Gasteiger partial charge on any atom is 0.416 e. The van der Waals surface area contributed by atoms with Gasteiger partial charge in [-0.2, -0.15) is 13.2 Å². The number of nitrogens with two attached hydrogens (primary N) is 1. The molecule has 0 aliphatic carbocycles. The highest BCUT2D eigenvalue weighted by Gasteiger charge is 2.46. The highest BCUT2D eigenvalue weighted by Crippen LogP contribution is 2.38. The Labute approximate surface area is 257 Å². The first-order chi connectivity index (χ1) is 21.4. The van der Waals surface area contributed by atoms with Crippen molar-refractivity contribution in [3.8, 4) is 11.3 Å². The van der Waals surface area contributed by atoms with E-state index in [0.717, 1.165) is 44.1 Å². The second-order valence-electron chi connectivity index (χ2n) is 11.4. The molecular weight excluding hydrogens is 591 g/mol. The van der Waals surface area contributed by atoms with Crippen LogP contribution in [0.1, 0.15) is 54.4 Å². The lowest BCUT2D eigenvalue weighted by atomic mass is 9.84. The van der Waals surface area contributed by atoms with Gasteiger partial charge in [0.25, 0.3) is 5.91 Å². The van der Waals surface area contributed by atoms with Crippen LogP contribution in [-0.2, 0) is 15.7 Å². The number of piperidine rings is 1. The van der Waals surface area contributed by atoms with Gasteiger partial charge in [0.15, 0.2) is 0 Å². The number of halogens is 3. The number of hydrogen-bond donors (Lipinski definition) is 3. The van der Waals surface area contributed by atoms with Gasteiger partial charge in [0.05, 0.1) is 24.2 Å². The van der Waals surface area contributed by atoms with Gasteiger partial charge in [-0.25, -0.2) is 15.0 Å². The van der Waals surface area contributed by atoms with Crippen LogP contribution < -0.4 is 11.1 Å². The van der Waals surface area contributed by atoms with E-state index in [-0.39, 0.29) is 35.1 Å². The zero-order chi connectivity index (χ0) is 32.5. The molecule has 238 valence electrons. The third kappa shape index (κ3) is 6.20. The molecule has 6 rings (SSSR count). The van der Waals surface area contributed by atoms with Crippen LogP contribution in [0.25, 0.3) is 16.8 Å². The molecule has 1 aromatic carbocycles. The van der Waals surface area contributed by atoms with Crippen LogP contribution in [0.2, 0.25) is 0 Å². The van der Waals surface area contributed by atoms with Gasteiger partial charge in [-0.1, -0.05) is 12.1 Å². The van der Waals surface area contributed by atoms with Gasteiger partial charge >= 0.3 is 6.18 Å². The number of alkyl halides is 3. The smallest absolute Gasteiger partial charge is 0.400 e. The first-order valence-electron chi connectivity index (χ1n) is 14.4. The van der Waals surface area contributed by atoms with Crippen LogP contribution in [0.4, 0.5) is 24.8 Å². The largest absolute Gasteiger partial charge is 0.416 e. The van der Waals surface area contributed by atoms with Crippen molar-refractivity contribution < 1.29 is 32.6 Å². The molecule has 2 fully saturated rings. The number of aliphatic hydroxyl groups is 1. The molecule has 14 heteroatoms. The lowest BCUT2D eigenvalue weighted by Gasteiger charge is -2.45. The monoisotopic (exact) mass is 625 g/mol. The maximum atomic E-state index is 13.4. The zero-order valence-electron chi connectivity index (χ0n) is 25.0. The number of benzene rings is 1. The molecule has 0 radical (unpaired) electrons. The number of anilines is 2. The Morgan fingerprint density at radius 2 is 1.80 bits per heavy atom. The summed E-state index contributed by atoms with van der Waals surface area (Å²) in [6.07, 6.45) is 1.50. The SMILES string of the molecule is CO.C[C@H]1CC[C@@H](c2nc(-c3ccc(C(=O)Nc4cc(C(F)(F)F)ccn4)cc3)c3c(N)nccn23)CN1C(=O)C1(C)COC1. The number of nitrogens with one attached hydrogen (secondary N) is 1. The summed E-state index contributed by atoms with van der Waals surface area (Å²) in [6, 6.07) is 8.22. The molecule has 0 bridgehead atoms. The van der Waals surface area contributed by atoms with Crippen molar-refractivity contribution in [3.05, 3.63) is 71.9 Å². The molecule has 2 atom stereocenters. The minimum atomic E-state index is -4.56. The summed E-state index contributed by atoms with van der Waals surface area (Å²) in [5.41, 5.74) is 6.99. The van der Waals surface area contributed by atoms with Crippen LogP contribution in [0.3, 0.4) is 0 Å². The minimum Gasteiger partial charge on any atom is -0.400 e. The average Bonchev–Trinajstić information content (AvgIpc) is 3.41. The lowest BCUT2D eigenvalue weighted by molar-refractivity contribution is -0.172. The molecule has 4 aromatic rings. The number of carbonyl (C=O) groups is 2. The van der Waals surface area contributed by atoms with Gasteiger partial charge < -0.3 is 25.8 Å². The van der Waals surface area contributed by atoms with Crippen LogP contribution in [0.15, 0.2) is 55.0 Å². The van der Waals surface area contributed by atoms with E-state index >= 15 is 0 Å². The molecule has 2 saturated heterocycles. The van der Waals surface area contributed by atoms with E-state index in [2.05, 4.69) is 22.2 Å². The Hall–Kier alpha value is -4.56. The molecule has 4 N–H and O–H groups in total. The third-order valence-electron chi connectivity index (χ3n) is 8.23. The average molecular weight is 626 g/mol. The van der Waals surface area contributed by atoms with Crippen molar-refractivity contribution in [3.63, 3.8) is 0 Å². The normalized spacial score (nSPS) is 19.3. The fraction of sp³-hybridized carbons (Fsp3) is 0.387. The number of nitrogens with zero attached hydrogens (tertiary/aromatic N) is 5. The molecule has 0 unspecified atom stereocenters. The van der Waals surface area contributed by atoms with Gasteiger partial charge in [-0.3, -0.25) is 14.0 Å². The van der Waals surface area contributed by atoms with E-state index in [1.54, 1.807) is 36.7 Å². The fourth-order valence-electron chi connectivity index (χ4n) is 5.70. The van der Waals surface area contributed by atoms with E-state index in [4.69, 9.17) is 20.6 Å². The summed E-state index contributed by atoms with van der Waals surface area (Å²) < 4.78 is 46.4. The van der Waals surface area contributed by atoms with Crippen molar-refractivity contribution in [1.82, 2.24) is 24.3 Å². The summed E-state index contributed by atoms with van der Waals surface area (Å²) in [5, 5.41) is 9.41. The quantitative estimate of drug-likeness (QED) is 0.296. The van der Waals surface area contributed by atoms with Crippen molar-refractivity contribution in [2.75, 3.05) is 37.9 Å². The van der Waals surface area contributed by atoms with Crippen LogP contribution >= 0.6 is 0 Å². The Morgan fingerprint density at radius 3 is 2.44 bits per heavy atom. The van der Waals surface area contributed by atoms with Crippen molar-refractivity contribution >= 4 is 29.0 Å². The number of aromatic nitrogens is 4. The molecule has 11 nitrogen and oxygen atoms in total. The van der Waals surface area contributed by atoms with E-state index < -0.39 is 23.1 Å². The highest BCUT2D eigenvalue weighted by molar-refractivity contribution is 6.04. The van der Waals surface area contributed by atoms with E-state index in [9.17, 15) is 22.8 Å². The molecular formula is C31H34F3N7O4. The van der Waals surface area contributed by atoms with Crippen LogP contribution in [0, 0.1) is 5.41 Å². The van der Waals surface area contributed by atoms with Gasteiger partial charge in [0.2, 0.25) is 5.91 Å². The molecule has 2 amide bonds. The number of fused-ring (bicyclic) bond motifs is 1. The Morgan fingerprint density at radius 1 is 1.09 bits per heavy atom. The minimum absolute atomic E-state index is 0.0437. The van der Waals surface area contributed by atoms with Crippen molar-refractivity contribution in [1.29, 1.82) is 0 Å². The zero-order valence-corrected chi connectivity index (χ0v) is 25.0. The number of nitrogen functional groups attached to an aromatic ring is 1. The van der Waals surface area contributed by atoms with E-state index in [0.29, 0.717) is 36.5 Å². The standard InChI is InChI=1S/C30H30F3N7O3.CH4O/c1-17-3-4-20(14-40(17)28(42)29(2)15-43-16-29)26-38-23(24-25(34)36-11-12-39(24)26)18-5-7-19(8-6-18)27(41)37-22-13-21(9-10-35-22)30(31,32)33;1-2/h5-13,17,20H,3-4,14-16H2,1-2H3,(H2,34,36)(H,35,37,41);2H,1H3/t17-,20+;/m0./s1. The number of likely N-dealkylation sites (tertiary alicyclic amines) is 1. The molecule has 3 aromatic heterocycles. The Kier molecular flexibility index (Phi) is 8.81. The molecule has 2 aliphatic rings. The number of pyridine rings is 1. The van der Waals surface area contributed by atoms with Crippen LogP contribution in [-0.4, -0.2) is 74.1 Å². The molecule has 5 heterocycles. The number of hydrogen-bond acceptors (Lipinski definition) is 8. The molecule has 45 heavy (non-hydrogen) atoms. The third-order valence-corrected chi connectivity index (χ3v) is 8.23. The summed E-state index contributed by atoms with van der Waals surface area (Å²) in [5.74, 6) is 0.272. The summed E-state index contributed by atoms with van der Waals surface area (Å²) in [6.45, 7) is 5.35. The first kappa shape index (κ1) is 31.9. The number of imidazole rings is 1. The van der Waals surface area contributed by atoms with E-state index in [1.807, 2.05) is 16.2 Å². The van der Waals surface area contributed by atoms with Crippen molar-refractivity contribution in [2.45, 2.75) is 44.8 Å². The summed E-state index contributed by atoms with van der Waals surface area (Å²) in [7, 11) is 1.00. The fourth-order valence-corrected chi connectivity index (χ4v) is 5.70. The molecule has 0 spiro atoms. The number of aliphatic hydroxyl groups excluding tert-OH is 1.